The number of para-hydroxylation sites is 1. The van der Waals surface area contributed by atoms with E-state index in [1.54, 1.807) is 11.3 Å². The molecule has 0 atom stereocenters. The van der Waals surface area contributed by atoms with Crippen molar-refractivity contribution in [1.82, 2.24) is 10.6 Å². The van der Waals surface area contributed by atoms with Crippen LogP contribution in [0.15, 0.2) is 41.8 Å². The number of rotatable bonds is 8. The van der Waals surface area contributed by atoms with Crippen molar-refractivity contribution in [2.75, 3.05) is 19.8 Å². The minimum Gasteiger partial charge on any atom is -0.491 e. The predicted molar refractivity (Wildman–Crippen MR) is 87.3 cm³/mol. The van der Waals surface area contributed by atoms with Crippen molar-refractivity contribution < 1.29 is 14.6 Å². The average molecular weight is 320 g/mol. The quantitative estimate of drug-likeness (QED) is 0.698. The SMILES string of the molecule is O=C(NCCc1cccs1)NCc1ccccc1OCCO. The molecule has 2 rings (SSSR count). The lowest BCUT2D eigenvalue weighted by Crippen LogP contribution is -2.36. The Morgan fingerprint density at radius 1 is 1.18 bits per heavy atom. The molecule has 0 aliphatic rings. The van der Waals surface area contributed by atoms with Gasteiger partial charge in [0.1, 0.15) is 12.4 Å². The fraction of sp³-hybridized carbons (Fsp3) is 0.312. The second-order valence-corrected chi connectivity index (χ2v) is 5.65. The zero-order valence-corrected chi connectivity index (χ0v) is 13.1. The molecular weight excluding hydrogens is 300 g/mol. The molecule has 0 fully saturated rings. The van der Waals surface area contributed by atoms with Crippen LogP contribution in [0.2, 0.25) is 0 Å². The molecule has 5 nitrogen and oxygen atoms in total. The van der Waals surface area contributed by atoms with E-state index in [0.29, 0.717) is 18.8 Å². The normalized spacial score (nSPS) is 10.2. The first-order chi connectivity index (χ1) is 10.8. The first-order valence-electron chi connectivity index (χ1n) is 7.15. The number of ether oxygens (including phenoxy) is 1. The second kappa shape index (κ2) is 9.07. The Bertz CT molecular complexity index is 573. The third-order valence-corrected chi connectivity index (χ3v) is 3.93. The largest absolute Gasteiger partial charge is 0.491 e. The van der Waals surface area contributed by atoms with E-state index >= 15 is 0 Å². The minimum absolute atomic E-state index is 0.0367. The lowest BCUT2D eigenvalue weighted by atomic mass is 10.2. The third kappa shape index (κ3) is 5.38. The summed E-state index contributed by atoms with van der Waals surface area (Å²) in [6.07, 6.45) is 0.835. The second-order valence-electron chi connectivity index (χ2n) is 4.62. The molecular formula is C16H20N2O3S. The maximum atomic E-state index is 11.8. The van der Waals surface area contributed by atoms with Crippen LogP contribution in [0.3, 0.4) is 0 Å². The molecule has 2 amide bonds. The van der Waals surface area contributed by atoms with Crippen LogP contribution in [0.4, 0.5) is 4.79 Å². The van der Waals surface area contributed by atoms with Crippen LogP contribution in [0.5, 0.6) is 5.75 Å². The van der Waals surface area contributed by atoms with Crippen LogP contribution < -0.4 is 15.4 Å². The molecule has 118 valence electrons. The smallest absolute Gasteiger partial charge is 0.315 e. The van der Waals surface area contributed by atoms with Crippen molar-refractivity contribution in [3.63, 3.8) is 0 Å². The Labute approximate surface area is 133 Å². The molecule has 0 saturated carbocycles. The number of carbonyl (C=O) groups excluding carboxylic acids is 1. The Hall–Kier alpha value is -2.05. The van der Waals surface area contributed by atoms with Crippen LogP contribution in [0, 0.1) is 0 Å². The van der Waals surface area contributed by atoms with Crippen LogP contribution in [-0.4, -0.2) is 30.9 Å². The lowest BCUT2D eigenvalue weighted by Gasteiger charge is -2.12. The van der Waals surface area contributed by atoms with Gasteiger partial charge in [-0.1, -0.05) is 24.3 Å². The number of amides is 2. The first kappa shape index (κ1) is 16.3. The van der Waals surface area contributed by atoms with Gasteiger partial charge in [-0.15, -0.1) is 11.3 Å². The number of thiophene rings is 1. The van der Waals surface area contributed by atoms with Gasteiger partial charge in [0.25, 0.3) is 0 Å². The number of urea groups is 1. The number of nitrogens with one attached hydrogen (secondary N) is 2. The van der Waals surface area contributed by atoms with Gasteiger partial charge in [0, 0.05) is 23.5 Å². The monoisotopic (exact) mass is 320 g/mol. The van der Waals surface area contributed by atoms with Gasteiger partial charge in [0.15, 0.2) is 0 Å². The van der Waals surface area contributed by atoms with E-state index in [-0.39, 0.29) is 19.2 Å². The molecule has 0 bridgehead atoms. The van der Waals surface area contributed by atoms with E-state index < -0.39 is 0 Å². The van der Waals surface area contributed by atoms with Crippen LogP contribution in [0.1, 0.15) is 10.4 Å². The molecule has 0 aliphatic heterocycles. The number of carbonyl (C=O) groups is 1. The summed E-state index contributed by atoms with van der Waals surface area (Å²) in [7, 11) is 0. The van der Waals surface area contributed by atoms with Gasteiger partial charge in [0.05, 0.1) is 6.61 Å². The van der Waals surface area contributed by atoms with E-state index in [0.717, 1.165) is 12.0 Å². The molecule has 0 spiro atoms. The van der Waals surface area contributed by atoms with Crippen molar-refractivity contribution in [3.8, 4) is 5.75 Å². The number of hydrogen-bond donors (Lipinski definition) is 3. The number of benzene rings is 1. The number of aliphatic hydroxyl groups excluding tert-OH is 1. The van der Waals surface area contributed by atoms with E-state index in [4.69, 9.17) is 9.84 Å². The van der Waals surface area contributed by atoms with Gasteiger partial charge in [0.2, 0.25) is 0 Å². The predicted octanol–water partition coefficient (Wildman–Crippen LogP) is 2.16. The van der Waals surface area contributed by atoms with E-state index in [9.17, 15) is 4.79 Å². The van der Waals surface area contributed by atoms with E-state index in [1.165, 1.54) is 4.88 Å². The Balaban J connectivity index is 1.73. The number of aliphatic hydroxyl groups is 1. The van der Waals surface area contributed by atoms with Crippen molar-refractivity contribution in [3.05, 3.63) is 52.2 Å². The molecule has 22 heavy (non-hydrogen) atoms. The molecule has 0 saturated heterocycles. The standard InChI is InChI=1S/C16H20N2O3S/c19-9-10-21-15-6-2-1-4-13(15)12-18-16(20)17-8-7-14-5-3-11-22-14/h1-6,11,19H,7-10,12H2,(H2,17,18,20). The Kier molecular flexibility index (Phi) is 6.73. The summed E-state index contributed by atoms with van der Waals surface area (Å²) in [6, 6.07) is 11.3. The zero-order chi connectivity index (χ0) is 15.6. The molecule has 0 radical (unpaired) electrons. The van der Waals surface area contributed by atoms with Gasteiger partial charge in [-0.25, -0.2) is 4.79 Å². The van der Waals surface area contributed by atoms with E-state index in [2.05, 4.69) is 16.7 Å². The van der Waals surface area contributed by atoms with Crippen LogP contribution in [-0.2, 0) is 13.0 Å². The first-order valence-corrected chi connectivity index (χ1v) is 8.03. The summed E-state index contributed by atoms with van der Waals surface area (Å²) in [4.78, 5) is 13.0. The number of hydrogen-bond acceptors (Lipinski definition) is 4. The van der Waals surface area contributed by atoms with Crippen molar-refractivity contribution in [2.45, 2.75) is 13.0 Å². The lowest BCUT2D eigenvalue weighted by molar-refractivity contribution is 0.200. The highest BCUT2D eigenvalue weighted by molar-refractivity contribution is 7.09. The van der Waals surface area contributed by atoms with Gasteiger partial charge in [-0.3, -0.25) is 0 Å². The Morgan fingerprint density at radius 3 is 2.82 bits per heavy atom. The van der Waals surface area contributed by atoms with Gasteiger partial charge in [-0.2, -0.15) is 0 Å². The van der Waals surface area contributed by atoms with Crippen LogP contribution in [0.25, 0.3) is 0 Å². The summed E-state index contributed by atoms with van der Waals surface area (Å²) in [5, 5.41) is 16.5. The molecule has 2 aromatic rings. The van der Waals surface area contributed by atoms with Gasteiger partial charge < -0.3 is 20.5 Å². The van der Waals surface area contributed by atoms with Crippen molar-refractivity contribution in [2.24, 2.45) is 0 Å². The van der Waals surface area contributed by atoms with Gasteiger partial charge >= 0.3 is 6.03 Å². The summed E-state index contributed by atoms with van der Waals surface area (Å²) >= 11 is 1.69. The zero-order valence-electron chi connectivity index (χ0n) is 12.2. The maximum absolute atomic E-state index is 11.8. The van der Waals surface area contributed by atoms with Crippen molar-refractivity contribution in [1.29, 1.82) is 0 Å². The average Bonchev–Trinajstić information content (AvgIpc) is 3.05. The highest BCUT2D eigenvalue weighted by Crippen LogP contribution is 2.17. The molecule has 0 aliphatic carbocycles. The topological polar surface area (TPSA) is 70.6 Å². The molecule has 3 N–H and O–H groups in total. The molecule has 0 unspecified atom stereocenters. The Morgan fingerprint density at radius 2 is 2.05 bits per heavy atom. The highest BCUT2D eigenvalue weighted by Gasteiger charge is 2.05. The maximum Gasteiger partial charge on any atom is 0.315 e. The molecule has 1 aromatic carbocycles. The minimum atomic E-state index is -0.200. The fourth-order valence-electron chi connectivity index (χ4n) is 1.94. The van der Waals surface area contributed by atoms with Crippen molar-refractivity contribution >= 4 is 17.4 Å². The highest BCUT2D eigenvalue weighted by atomic mass is 32.1. The molecule has 1 heterocycles. The summed E-state index contributed by atoms with van der Waals surface area (Å²) < 4.78 is 5.43. The molecule has 1 aromatic heterocycles. The fourth-order valence-corrected chi connectivity index (χ4v) is 2.65. The summed E-state index contributed by atoms with van der Waals surface area (Å²) in [5.74, 6) is 0.676. The van der Waals surface area contributed by atoms with E-state index in [1.807, 2.05) is 35.7 Å². The van der Waals surface area contributed by atoms with Gasteiger partial charge in [-0.05, 0) is 23.9 Å². The third-order valence-electron chi connectivity index (χ3n) is 3.00. The molecule has 6 heteroatoms. The summed E-state index contributed by atoms with van der Waals surface area (Å²) in [5.41, 5.74) is 0.879. The van der Waals surface area contributed by atoms with Crippen LogP contribution >= 0.6 is 11.3 Å². The summed E-state index contributed by atoms with van der Waals surface area (Å²) in [6.45, 7) is 1.19.